The van der Waals surface area contributed by atoms with Crippen molar-refractivity contribution in [1.29, 1.82) is 0 Å². The maximum atomic E-state index is 13.5. The van der Waals surface area contributed by atoms with Crippen molar-refractivity contribution < 1.29 is 13.9 Å². The maximum absolute atomic E-state index is 13.5. The van der Waals surface area contributed by atoms with Crippen LogP contribution in [0.25, 0.3) is 0 Å². The second-order valence-corrected chi connectivity index (χ2v) is 3.75. The minimum absolute atomic E-state index is 0.314. The van der Waals surface area contributed by atoms with Gasteiger partial charge in [-0.2, -0.15) is 0 Å². The topological polar surface area (TPSA) is 18.5 Å². The van der Waals surface area contributed by atoms with E-state index >= 15 is 0 Å². The summed E-state index contributed by atoms with van der Waals surface area (Å²) >= 11 is 0. The largest absolute Gasteiger partial charge is 0.491 e. The second-order valence-electron chi connectivity index (χ2n) is 3.75. The lowest BCUT2D eigenvalue weighted by Crippen LogP contribution is -2.00. The Morgan fingerprint density at radius 3 is 2.69 bits per heavy atom. The number of unbranched alkanes of at least 4 members (excludes halogenated alkanes) is 2. The van der Waals surface area contributed by atoms with Crippen LogP contribution in [0.1, 0.15) is 31.7 Å². The molecule has 0 saturated carbocycles. The zero-order valence-electron chi connectivity index (χ0n) is 9.96. The number of hydrogen-bond acceptors (Lipinski definition) is 2. The fourth-order valence-corrected chi connectivity index (χ4v) is 1.45. The fourth-order valence-electron chi connectivity index (χ4n) is 1.45. The molecule has 0 amide bonds. The van der Waals surface area contributed by atoms with Crippen LogP contribution >= 0.6 is 0 Å². The molecule has 0 aromatic heterocycles. The lowest BCUT2D eigenvalue weighted by atomic mass is 10.2. The summed E-state index contributed by atoms with van der Waals surface area (Å²) in [5.74, 6) is 0.0157. The van der Waals surface area contributed by atoms with Gasteiger partial charge >= 0.3 is 0 Å². The molecule has 3 heteroatoms. The molecule has 0 spiro atoms. The van der Waals surface area contributed by atoms with E-state index in [0.717, 1.165) is 24.8 Å². The molecule has 0 saturated heterocycles. The lowest BCUT2D eigenvalue weighted by Gasteiger charge is -2.08. The first-order valence-corrected chi connectivity index (χ1v) is 5.68. The van der Waals surface area contributed by atoms with Crippen molar-refractivity contribution in [3.05, 3.63) is 29.6 Å². The zero-order valence-corrected chi connectivity index (χ0v) is 9.96. The Kier molecular flexibility index (Phi) is 5.86. The minimum atomic E-state index is -0.314. The van der Waals surface area contributed by atoms with Crippen LogP contribution in [0.5, 0.6) is 5.75 Å². The number of rotatable bonds is 7. The molecule has 90 valence electrons. The van der Waals surface area contributed by atoms with E-state index in [1.54, 1.807) is 13.2 Å². The summed E-state index contributed by atoms with van der Waals surface area (Å²) in [6.07, 6.45) is 3.22. The monoisotopic (exact) mass is 226 g/mol. The molecule has 0 aliphatic carbocycles. The molecular formula is C13H19FO2. The third-order valence-electron chi connectivity index (χ3n) is 2.31. The molecule has 0 atom stereocenters. The van der Waals surface area contributed by atoms with E-state index in [1.165, 1.54) is 6.07 Å². The van der Waals surface area contributed by atoms with Crippen LogP contribution in [0, 0.1) is 5.82 Å². The Morgan fingerprint density at radius 2 is 2.06 bits per heavy atom. The standard InChI is InChI=1S/C13H19FO2/c1-3-4-5-8-16-13-7-6-11(10-15-2)9-12(13)14/h6-7,9H,3-5,8,10H2,1-2H3. The smallest absolute Gasteiger partial charge is 0.165 e. The predicted octanol–water partition coefficient (Wildman–Crippen LogP) is 3.54. The van der Waals surface area contributed by atoms with Crippen molar-refractivity contribution in [2.24, 2.45) is 0 Å². The van der Waals surface area contributed by atoms with Crippen molar-refractivity contribution in [3.63, 3.8) is 0 Å². The number of methoxy groups -OCH3 is 1. The molecule has 1 rings (SSSR count). The Bertz CT molecular complexity index is 313. The summed E-state index contributed by atoms with van der Waals surface area (Å²) in [6.45, 7) is 3.13. The van der Waals surface area contributed by atoms with Gasteiger partial charge in [0.05, 0.1) is 13.2 Å². The third-order valence-corrected chi connectivity index (χ3v) is 2.31. The van der Waals surface area contributed by atoms with E-state index in [1.807, 2.05) is 6.07 Å². The van der Waals surface area contributed by atoms with E-state index in [0.29, 0.717) is 19.0 Å². The van der Waals surface area contributed by atoms with Crippen LogP contribution in [-0.4, -0.2) is 13.7 Å². The van der Waals surface area contributed by atoms with Gasteiger partial charge in [-0.05, 0) is 24.1 Å². The summed E-state index contributed by atoms with van der Waals surface area (Å²) in [7, 11) is 1.59. The molecule has 0 radical (unpaired) electrons. The van der Waals surface area contributed by atoms with Gasteiger partial charge in [0.2, 0.25) is 0 Å². The number of benzene rings is 1. The molecule has 1 aromatic rings. The highest BCUT2D eigenvalue weighted by atomic mass is 19.1. The Morgan fingerprint density at radius 1 is 1.25 bits per heavy atom. The second kappa shape index (κ2) is 7.23. The minimum Gasteiger partial charge on any atom is -0.491 e. The molecule has 0 aliphatic heterocycles. The number of ether oxygens (including phenoxy) is 2. The number of hydrogen-bond donors (Lipinski definition) is 0. The van der Waals surface area contributed by atoms with E-state index in [9.17, 15) is 4.39 Å². The fraction of sp³-hybridized carbons (Fsp3) is 0.538. The SMILES string of the molecule is CCCCCOc1ccc(COC)cc1F. The molecule has 0 N–H and O–H groups in total. The average molecular weight is 226 g/mol. The summed E-state index contributed by atoms with van der Waals surface area (Å²) < 4.78 is 23.8. The quantitative estimate of drug-likeness (QED) is 0.662. The van der Waals surface area contributed by atoms with Crippen LogP contribution in [0.2, 0.25) is 0 Å². The van der Waals surface area contributed by atoms with Crippen molar-refractivity contribution >= 4 is 0 Å². The van der Waals surface area contributed by atoms with Gasteiger partial charge in [0.25, 0.3) is 0 Å². The summed E-state index contributed by atoms with van der Waals surface area (Å²) in [5, 5.41) is 0. The summed E-state index contributed by atoms with van der Waals surface area (Å²) in [5.41, 5.74) is 0.820. The molecule has 0 aliphatic rings. The van der Waals surface area contributed by atoms with E-state index < -0.39 is 0 Å². The highest BCUT2D eigenvalue weighted by molar-refractivity contribution is 5.29. The van der Waals surface area contributed by atoms with Crippen molar-refractivity contribution in [1.82, 2.24) is 0 Å². The van der Waals surface area contributed by atoms with Crippen LogP contribution in [0.4, 0.5) is 4.39 Å². The van der Waals surface area contributed by atoms with Crippen LogP contribution in [0.15, 0.2) is 18.2 Å². The third kappa shape index (κ3) is 4.19. The van der Waals surface area contributed by atoms with E-state index in [4.69, 9.17) is 9.47 Å². The Labute approximate surface area is 96.4 Å². The average Bonchev–Trinajstić information content (AvgIpc) is 2.27. The first kappa shape index (κ1) is 13.0. The molecule has 0 fully saturated rings. The van der Waals surface area contributed by atoms with Gasteiger partial charge in [-0.15, -0.1) is 0 Å². The van der Waals surface area contributed by atoms with Crippen LogP contribution in [0.3, 0.4) is 0 Å². The van der Waals surface area contributed by atoms with Gasteiger partial charge in [0.1, 0.15) is 0 Å². The van der Waals surface area contributed by atoms with Gasteiger partial charge in [0.15, 0.2) is 11.6 Å². The molecule has 1 aromatic carbocycles. The van der Waals surface area contributed by atoms with Gasteiger partial charge in [-0.25, -0.2) is 4.39 Å². The first-order valence-electron chi connectivity index (χ1n) is 5.68. The van der Waals surface area contributed by atoms with Gasteiger partial charge in [-0.1, -0.05) is 25.8 Å². The zero-order chi connectivity index (χ0) is 11.8. The van der Waals surface area contributed by atoms with Crippen LogP contribution < -0.4 is 4.74 Å². The molecule has 0 unspecified atom stereocenters. The predicted molar refractivity (Wildman–Crippen MR) is 62.1 cm³/mol. The molecule has 16 heavy (non-hydrogen) atoms. The van der Waals surface area contributed by atoms with Gasteiger partial charge in [0, 0.05) is 7.11 Å². The maximum Gasteiger partial charge on any atom is 0.165 e. The molecular weight excluding hydrogens is 207 g/mol. The van der Waals surface area contributed by atoms with Gasteiger partial charge < -0.3 is 9.47 Å². The van der Waals surface area contributed by atoms with Crippen molar-refractivity contribution in [2.45, 2.75) is 32.8 Å². The van der Waals surface area contributed by atoms with Crippen molar-refractivity contribution in [3.8, 4) is 5.75 Å². The number of halogens is 1. The summed E-state index contributed by atoms with van der Waals surface area (Å²) in [6, 6.07) is 4.94. The molecule has 0 bridgehead atoms. The van der Waals surface area contributed by atoms with E-state index in [2.05, 4.69) is 6.92 Å². The Hall–Kier alpha value is -1.09. The van der Waals surface area contributed by atoms with Crippen molar-refractivity contribution in [2.75, 3.05) is 13.7 Å². The highest BCUT2D eigenvalue weighted by Crippen LogP contribution is 2.19. The van der Waals surface area contributed by atoms with Gasteiger partial charge in [-0.3, -0.25) is 0 Å². The highest BCUT2D eigenvalue weighted by Gasteiger charge is 2.04. The first-order chi connectivity index (χ1) is 7.77. The summed E-state index contributed by atoms with van der Waals surface area (Å²) in [4.78, 5) is 0. The van der Waals surface area contributed by atoms with E-state index in [-0.39, 0.29) is 5.82 Å². The Balaban J connectivity index is 2.47. The lowest BCUT2D eigenvalue weighted by molar-refractivity contribution is 0.184. The molecule has 2 nitrogen and oxygen atoms in total. The normalized spacial score (nSPS) is 10.4. The van der Waals surface area contributed by atoms with Crippen LogP contribution in [-0.2, 0) is 11.3 Å². The molecule has 0 heterocycles.